The molecule has 0 spiro atoms. The fourth-order valence-corrected chi connectivity index (χ4v) is 6.41. The number of hydrogen-bond donors (Lipinski definition) is 1. The van der Waals surface area contributed by atoms with Crippen LogP contribution in [0.5, 0.6) is 0 Å². The Hall–Kier alpha value is -1.93. The molecular formula is C25H31ClN2O4S. The summed E-state index contributed by atoms with van der Waals surface area (Å²) in [7, 11) is -3.61. The first-order valence-electron chi connectivity index (χ1n) is 11.5. The molecule has 0 bridgehead atoms. The molecule has 2 saturated heterocycles. The summed E-state index contributed by atoms with van der Waals surface area (Å²) in [5, 5.41) is 3.76. The molecule has 1 amide bonds. The van der Waals surface area contributed by atoms with Gasteiger partial charge in [0.05, 0.1) is 4.90 Å². The van der Waals surface area contributed by atoms with Crippen molar-refractivity contribution in [1.29, 1.82) is 0 Å². The van der Waals surface area contributed by atoms with Gasteiger partial charge in [-0.05, 0) is 68.0 Å². The standard InChI is InChI=1S/C25H31ClN2O4S/c1-19-5-10-22(33(30,31)28-13-3-2-4-14-28)17-23(19)24(29)27-18-25(11-15-32-16-12-25)20-6-8-21(26)9-7-20/h5-10,17H,2-4,11-16,18H2,1H3,(H,27,29). The number of amides is 1. The lowest BCUT2D eigenvalue weighted by Gasteiger charge is -2.38. The molecule has 6 nitrogen and oxygen atoms in total. The van der Waals surface area contributed by atoms with Gasteiger partial charge in [-0.3, -0.25) is 4.79 Å². The normalized spacial score (nSPS) is 19.2. The van der Waals surface area contributed by atoms with Gasteiger partial charge in [0.1, 0.15) is 0 Å². The first-order chi connectivity index (χ1) is 15.8. The van der Waals surface area contributed by atoms with E-state index in [1.807, 2.05) is 31.2 Å². The van der Waals surface area contributed by atoms with Crippen LogP contribution in [-0.2, 0) is 20.2 Å². The minimum atomic E-state index is -3.61. The first kappa shape index (κ1) is 24.2. The van der Waals surface area contributed by atoms with Crippen LogP contribution in [0.1, 0.15) is 53.6 Å². The van der Waals surface area contributed by atoms with Crippen molar-refractivity contribution in [2.24, 2.45) is 0 Å². The Bertz CT molecular complexity index is 1090. The maximum absolute atomic E-state index is 13.2. The fourth-order valence-electron chi connectivity index (χ4n) is 4.74. The van der Waals surface area contributed by atoms with Gasteiger partial charge in [0.15, 0.2) is 0 Å². The molecule has 2 aromatic carbocycles. The number of nitrogens with one attached hydrogen (secondary N) is 1. The second-order valence-electron chi connectivity index (χ2n) is 9.02. The highest BCUT2D eigenvalue weighted by Crippen LogP contribution is 2.35. The Balaban J connectivity index is 1.55. The van der Waals surface area contributed by atoms with Gasteiger partial charge in [-0.15, -0.1) is 0 Å². The van der Waals surface area contributed by atoms with E-state index in [1.165, 1.54) is 10.4 Å². The molecule has 33 heavy (non-hydrogen) atoms. The Morgan fingerprint density at radius 1 is 1.06 bits per heavy atom. The van der Waals surface area contributed by atoms with Crippen LogP contribution in [0.3, 0.4) is 0 Å². The van der Waals surface area contributed by atoms with Crippen LogP contribution in [0.4, 0.5) is 0 Å². The molecule has 0 unspecified atom stereocenters. The first-order valence-corrected chi connectivity index (χ1v) is 13.4. The predicted octanol–water partition coefficient (Wildman–Crippen LogP) is 4.30. The molecule has 2 fully saturated rings. The molecule has 178 valence electrons. The number of hydrogen-bond acceptors (Lipinski definition) is 4. The number of nitrogens with zero attached hydrogens (tertiary/aromatic N) is 1. The molecule has 4 rings (SSSR count). The average molecular weight is 491 g/mol. The van der Waals surface area contributed by atoms with Crippen molar-refractivity contribution in [3.8, 4) is 0 Å². The number of carbonyl (C=O) groups is 1. The highest BCUT2D eigenvalue weighted by molar-refractivity contribution is 7.89. The van der Waals surface area contributed by atoms with Crippen molar-refractivity contribution in [3.05, 3.63) is 64.2 Å². The number of halogens is 1. The van der Waals surface area contributed by atoms with Gasteiger partial charge < -0.3 is 10.1 Å². The average Bonchev–Trinajstić information content (AvgIpc) is 2.84. The largest absolute Gasteiger partial charge is 0.381 e. The summed E-state index contributed by atoms with van der Waals surface area (Å²) in [6.45, 7) is 4.59. The third-order valence-electron chi connectivity index (χ3n) is 6.90. The van der Waals surface area contributed by atoms with E-state index >= 15 is 0 Å². The van der Waals surface area contributed by atoms with Crippen LogP contribution in [0.15, 0.2) is 47.4 Å². The smallest absolute Gasteiger partial charge is 0.251 e. The Labute approximate surface area is 201 Å². The SMILES string of the molecule is Cc1ccc(S(=O)(=O)N2CCCCC2)cc1C(=O)NCC1(c2ccc(Cl)cc2)CCOCC1. The highest BCUT2D eigenvalue weighted by Gasteiger charge is 2.35. The van der Waals surface area contributed by atoms with Crippen LogP contribution in [-0.4, -0.2) is 51.5 Å². The van der Waals surface area contributed by atoms with Crippen molar-refractivity contribution < 1.29 is 17.9 Å². The quantitative estimate of drug-likeness (QED) is 0.655. The molecule has 0 radical (unpaired) electrons. The number of ether oxygens (including phenoxy) is 1. The zero-order valence-corrected chi connectivity index (χ0v) is 20.6. The van der Waals surface area contributed by atoms with E-state index in [4.69, 9.17) is 16.3 Å². The molecule has 0 saturated carbocycles. The molecule has 2 aromatic rings. The Morgan fingerprint density at radius 3 is 2.39 bits per heavy atom. The van der Waals surface area contributed by atoms with E-state index in [-0.39, 0.29) is 16.2 Å². The van der Waals surface area contributed by atoms with Gasteiger partial charge in [-0.25, -0.2) is 8.42 Å². The molecule has 0 aromatic heterocycles. The fraction of sp³-hybridized carbons (Fsp3) is 0.480. The second kappa shape index (κ2) is 10.1. The van der Waals surface area contributed by atoms with Crippen LogP contribution < -0.4 is 5.32 Å². The third kappa shape index (κ3) is 5.27. The molecule has 2 aliphatic rings. The minimum absolute atomic E-state index is 0.179. The summed E-state index contributed by atoms with van der Waals surface area (Å²) in [6.07, 6.45) is 4.37. The third-order valence-corrected chi connectivity index (χ3v) is 9.05. The van der Waals surface area contributed by atoms with Crippen molar-refractivity contribution >= 4 is 27.5 Å². The van der Waals surface area contributed by atoms with Crippen molar-refractivity contribution in [3.63, 3.8) is 0 Å². The van der Waals surface area contributed by atoms with E-state index in [0.29, 0.717) is 43.4 Å². The van der Waals surface area contributed by atoms with E-state index < -0.39 is 10.0 Å². The van der Waals surface area contributed by atoms with Gasteiger partial charge in [0, 0.05) is 48.8 Å². The van der Waals surface area contributed by atoms with Gasteiger partial charge in [-0.1, -0.05) is 36.2 Å². The lowest BCUT2D eigenvalue weighted by molar-refractivity contribution is 0.0487. The van der Waals surface area contributed by atoms with E-state index in [0.717, 1.165) is 43.2 Å². The Morgan fingerprint density at radius 2 is 1.73 bits per heavy atom. The summed E-state index contributed by atoms with van der Waals surface area (Å²) >= 11 is 6.08. The summed E-state index contributed by atoms with van der Waals surface area (Å²) in [5.41, 5.74) is 2.02. The van der Waals surface area contributed by atoms with Crippen molar-refractivity contribution in [2.45, 2.75) is 49.3 Å². The molecule has 0 aliphatic carbocycles. The summed E-state index contributed by atoms with van der Waals surface area (Å²) in [6, 6.07) is 12.6. The van der Waals surface area contributed by atoms with Crippen LogP contribution in [0.25, 0.3) is 0 Å². The zero-order chi connectivity index (χ0) is 23.5. The molecule has 0 atom stereocenters. The van der Waals surface area contributed by atoms with E-state index in [2.05, 4.69) is 5.32 Å². The monoisotopic (exact) mass is 490 g/mol. The van der Waals surface area contributed by atoms with Gasteiger partial charge in [-0.2, -0.15) is 4.31 Å². The van der Waals surface area contributed by atoms with Crippen LogP contribution in [0, 0.1) is 6.92 Å². The van der Waals surface area contributed by atoms with E-state index in [1.54, 1.807) is 12.1 Å². The zero-order valence-electron chi connectivity index (χ0n) is 19.0. The topological polar surface area (TPSA) is 75.7 Å². The number of aryl methyl sites for hydroxylation is 1. The van der Waals surface area contributed by atoms with Crippen LogP contribution >= 0.6 is 11.6 Å². The lowest BCUT2D eigenvalue weighted by atomic mass is 9.74. The number of rotatable bonds is 6. The maximum Gasteiger partial charge on any atom is 0.251 e. The predicted molar refractivity (Wildman–Crippen MR) is 129 cm³/mol. The molecule has 2 aliphatic heterocycles. The molecule has 2 heterocycles. The van der Waals surface area contributed by atoms with Crippen molar-refractivity contribution in [2.75, 3.05) is 32.8 Å². The number of piperidine rings is 1. The number of sulfonamides is 1. The summed E-state index contributed by atoms with van der Waals surface area (Å²) in [4.78, 5) is 13.4. The summed E-state index contributed by atoms with van der Waals surface area (Å²) < 4.78 is 33.3. The molecular weight excluding hydrogens is 460 g/mol. The van der Waals surface area contributed by atoms with Crippen molar-refractivity contribution in [1.82, 2.24) is 9.62 Å². The summed E-state index contributed by atoms with van der Waals surface area (Å²) in [5.74, 6) is -0.261. The van der Waals surface area contributed by atoms with Crippen LogP contribution in [0.2, 0.25) is 5.02 Å². The number of benzene rings is 2. The van der Waals surface area contributed by atoms with Gasteiger partial charge >= 0.3 is 0 Å². The van der Waals surface area contributed by atoms with Gasteiger partial charge in [0.2, 0.25) is 10.0 Å². The van der Waals surface area contributed by atoms with Gasteiger partial charge in [0.25, 0.3) is 5.91 Å². The Kier molecular flexibility index (Phi) is 7.43. The molecule has 1 N–H and O–H groups in total. The number of carbonyl (C=O) groups excluding carboxylic acids is 1. The highest BCUT2D eigenvalue weighted by atomic mass is 35.5. The minimum Gasteiger partial charge on any atom is -0.381 e. The van der Waals surface area contributed by atoms with E-state index in [9.17, 15) is 13.2 Å². The second-order valence-corrected chi connectivity index (χ2v) is 11.4. The maximum atomic E-state index is 13.2. The molecule has 8 heteroatoms. The lowest BCUT2D eigenvalue weighted by Crippen LogP contribution is -2.44.